The maximum atomic E-state index is 4.57. The van der Waals surface area contributed by atoms with Gasteiger partial charge in [0.1, 0.15) is 11.2 Å². The molecule has 0 fully saturated rings. The molecule has 0 spiro atoms. The number of aromatic nitrogens is 3. The summed E-state index contributed by atoms with van der Waals surface area (Å²) in [5.74, 6) is 1.70. The molecule has 0 aliphatic carbocycles. The fraction of sp³-hybridized carbons (Fsp3) is 0.385. The molecule has 0 saturated heterocycles. The lowest BCUT2D eigenvalue weighted by Crippen LogP contribution is -2.12. The van der Waals surface area contributed by atoms with Gasteiger partial charge in [0.15, 0.2) is 5.82 Å². The van der Waals surface area contributed by atoms with Gasteiger partial charge in [-0.2, -0.15) is 0 Å². The molecule has 5 heteroatoms. The average molecular weight is 262 g/mol. The summed E-state index contributed by atoms with van der Waals surface area (Å²) in [7, 11) is 1.94. The highest BCUT2D eigenvalue weighted by atomic mass is 32.1. The van der Waals surface area contributed by atoms with Crippen molar-refractivity contribution in [3.63, 3.8) is 0 Å². The summed E-state index contributed by atoms with van der Waals surface area (Å²) in [4.78, 5) is 0. The van der Waals surface area contributed by atoms with E-state index < -0.39 is 0 Å². The Balaban J connectivity index is 2.27. The van der Waals surface area contributed by atoms with E-state index in [9.17, 15) is 0 Å². The van der Waals surface area contributed by atoms with Gasteiger partial charge in [-0.3, -0.25) is 0 Å². The van der Waals surface area contributed by atoms with E-state index in [2.05, 4.69) is 60.2 Å². The Morgan fingerprint density at radius 2 is 1.78 bits per heavy atom. The summed E-state index contributed by atoms with van der Waals surface area (Å²) in [6.07, 6.45) is 0. The first-order chi connectivity index (χ1) is 8.50. The monoisotopic (exact) mass is 262 g/mol. The van der Waals surface area contributed by atoms with E-state index in [-0.39, 0.29) is 5.37 Å². The number of rotatable bonds is 3. The van der Waals surface area contributed by atoms with Crippen LogP contribution >= 0.6 is 12.6 Å². The van der Waals surface area contributed by atoms with Gasteiger partial charge in [0.2, 0.25) is 0 Å². The Kier molecular flexibility index (Phi) is 3.61. The molecular formula is C13H18N4S. The van der Waals surface area contributed by atoms with Crippen molar-refractivity contribution < 1.29 is 0 Å². The van der Waals surface area contributed by atoms with E-state index in [1.165, 1.54) is 11.1 Å². The predicted octanol–water partition coefficient (Wildman–Crippen LogP) is 2.78. The third-order valence-electron chi connectivity index (χ3n) is 3.13. The van der Waals surface area contributed by atoms with Crippen LogP contribution in [0.5, 0.6) is 0 Å². The highest BCUT2D eigenvalue weighted by molar-refractivity contribution is 7.80. The van der Waals surface area contributed by atoms with E-state index in [1.807, 2.05) is 18.5 Å². The minimum Gasteiger partial charge on any atom is -0.367 e. The Labute approximate surface area is 113 Å². The molecule has 96 valence electrons. The highest BCUT2D eigenvalue weighted by Gasteiger charge is 2.15. The van der Waals surface area contributed by atoms with Gasteiger partial charge in [-0.1, -0.05) is 18.2 Å². The number of nitrogens with zero attached hydrogens (tertiary/aromatic N) is 3. The molecule has 0 amide bonds. The van der Waals surface area contributed by atoms with E-state index in [1.54, 1.807) is 0 Å². The molecule has 1 aromatic heterocycles. The van der Waals surface area contributed by atoms with E-state index in [0.717, 1.165) is 17.3 Å². The normalized spacial score (nSPS) is 12.5. The molecule has 1 N–H and O–H groups in total. The van der Waals surface area contributed by atoms with Crippen LogP contribution in [-0.2, 0) is 7.05 Å². The molecule has 1 aromatic carbocycles. The van der Waals surface area contributed by atoms with Gasteiger partial charge >= 0.3 is 0 Å². The first-order valence-electron chi connectivity index (χ1n) is 5.87. The largest absolute Gasteiger partial charge is 0.367 e. The summed E-state index contributed by atoms with van der Waals surface area (Å²) >= 11 is 4.57. The van der Waals surface area contributed by atoms with Crippen LogP contribution in [0.4, 0.5) is 5.69 Å². The quantitative estimate of drug-likeness (QED) is 0.660. The van der Waals surface area contributed by atoms with Crippen molar-refractivity contribution in [2.45, 2.75) is 26.1 Å². The maximum absolute atomic E-state index is 4.57. The number of aryl methyl sites for hydroxylation is 3. The first kappa shape index (κ1) is 13.0. The molecule has 0 bridgehead atoms. The molecule has 18 heavy (non-hydrogen) atoms. The van der Waals surface area contributed by atoms with Crippen LogP contribution in [0.3, 0.4) is 0 Å². The zero-order chi connectivity index (χ0) is 13.3. The predicted molar refractivity (Wildman–Crippen MR) is 77.0 cm³/mol. The summed E-state index contributed by atoms with van der Waals surface area (Å²) in [5, 5.41) is 11.4. The van der Waals surface area contributed by atoms with Crippen molar-refractivity contribution in [2.24, 2.45) is 7.05 Å². The topological polar surface area (TPSA) is 42.7 Å². The summed E-state index contributed by atoms with van der Waals surface area (Å²) < 4.78 is 1.94. The minimum atomic E-state index is -0.170. The van der Waals surface area contributed by atoms with Crippen molar-refractivity contribution in [3.05, 3.63) is 41.0 Å². The Hall–Kier alpha value is -1.49. The van der Waals surface area contributed by atoms with E-state index >= 15 is 0 Å². The Bertz CT molecular complexity index is 542. The van der Waals surface area contributed by atoms with Crippen molar-refractivity contribution in [2.75, 3.05) is 5.32 Å². The van der Waals surface area contributed by atoms with Gasteiger partial charge < -0.3 is 9.88 Å². The van der Waals surface area contributed by atoms with Gasteiger partial charge in [-0.05, 0) is 31.9 Å². The van der Waals surface area contributed by atoms with Gasteiger partial charge in [0, 0.05) is 12.7 Å². The van der Waals surface area contributed by atoms with Crippen LogP contribution in [0.2, 0.25) is 0 Å². The second kappa shape index (κ2) is 5.02. The van der Waals surface area contributed by atoms with Crippen molar-refractivity contribution in [3.8, 4) is 0 Å². The molecule has 0 aliphatic heterocycles. The standard InChI is InChI=1S/C13H18N4S/c1-8-6-5-7-9(2)11(8)14-13(18)12-16-15-10(3)17(12)4/h5-7,13-14,18H,1-4H3. The highest BCUT2D eigenvalue weighted by Crippen LogP contribution is 2.26. The number of benzene rings is 1. The molecule has 4 nitrogen and oxygen atoms in total. The maximum Gasteiger partial charge on any atom is 0.165 e. The fourth-order valence-corrected chi connectivity index (χ4v) is 2.26. The third-order valence-corrected chi connectivity index (χ3v) is 3.49. The van der Waals surface area contributed by atoms with Crippen LogP contribution < -0.4 is 5.32 Å². The smallest absolute Gasteiger partial charge is 0.165 e. The van der Waals surface area contributed by atoms with Gasteiger partial charge in [-0.25, -0.2) is 0 Å². The van der Waals surface area contributed by atoms with Crippen molar-refractivity contribution >= 4 is 18.3 Å². The van der Waals surface area contributed by atoms with Crippen LogP contribution in [-0.4, -0.2) is 14.8 Å². The van der Waals surface area contributed by atoms with Gasteiger partial charge in [0.25, 0.3) is 0 Å². The second-order valence-corrected chi connectivity index (χ2v) is 4.99. The van der Waals surface area contributed by atoms with Crippen LogP contribution in [0.25, 0.3) is 0 Å². The molecular weight excluding hydrogens is 244 g/mol. The average Bonchev–Trinajstić information content (AvgIpc) is 2.65. The lowest BCUT2D eigenvalue weighted by atomic mass is 10.1. The van der Waals surface area contributed by atoms with Gasteiger partial charge in [0.05, 0.1) is 0 Å². The molecule has 0 aliphatic rings. The molecule has 2 rings (SSSR count). The number of nitrogens with one attached hydrogen (secondary N) is 1. The number of thiol groups is 1. The van der Waals surface area contributed by atoms with E-state index in [0.29, 0.717) is 0 Å². The zero-order valence-corrected chi connectivity index (χ0v) is 12.0. The summed E-state index contributed by atoms with van der Waals surface area (Å²) in [6.45, 7) is 6.09. The van der Waals surface area contributed by atoms with Gasteiger partial charge in [-0.15, -0.1) is 22.8 Å². The van der Waals surface area contributed by atoms with Crippen molar-refractivity contribution in [1.29, 1.82) is 0 Å². The fourth-order valence-electron chi connectivity index (χ4n) is 1.91. The molecule has 1 heterocycles. The zero-order valence-electron chi connectivity index (χ0n) is 11.1. The SMILES string of the molecule is Cc1cccc(C)c1NC(S)c1nnc(C)n1C. The lowest BCUT2D eigenvalue weighted by molar-refractivity contribution is 0.783. The second-order valence-electron chi connectivity index (χ2n) is 4.48. The van der Waals surface area contributed by atoms with E-state index in [4.69, 9.17) is 0 Å². The molecule has 0 radical (unpaired) electrons. The third kappa shape index (κ3) is 2.36. The molecule has 1 unspecified atom stereocenters. The summed E-state index contributed by atoms with van der Waals surface area (Å²) in [5.41, 5.74) is 3.51. The Morgan fingerprint density at radius 1 is 1.17 bits per heavy atom. The molecule has 2 aromatic rings. The van der Waals surface area contributed by atoms with Crippen LogP contribution in [0, 0.1) is 20.8 Å². The number of hydrogen-bond donors (Lipinski definition) is 2. The Morgan fingerprint density at radius 3 is 2.28 bits per heavy atom. The number of hydrogen-bond acceptors (Lipinski definition) is 4. The molecule has 1 atom stereocenters. The van der Waals surface area contributed by atoms with Crippen LogP contribution in [0.15, 0.2) is 18.2 Å². The van der Waals surface area contributed by atoms with Crippen LogP contribution in [0.1, 0.15) is 28.1 Å². The first-order valence-corrected chi connectivity index (χ1v) is 6.39. The number of anilines is 1. The van der Waals surface area contributed by atoms with Crippen molar-refractivity contribution in [1.82, 2.24) is 14.8 Å². The molecule has 0 saturated carbocycles. The number of para-hydroxylation sites is 1. The minimum absolute atomic E-state index is 0.170. The summed E-state index contributed by atoms with van der Waals surface area (Å²) in [6, 6.07) is 6.21. The lowest BCUT2D eigenvalue weighted by Gasteiger charge is -2.17.